The van der Waals surface area contributed by atoms with Crippen LogP contribution in [0.5, 0.6) is 5.75 Å². The molecule has 1 heterocycles. The highest BCUT2D eigenvalue weighted by molar-refractivity contribution is 5.96. The van der Waals surface area contributed by atoms with E-state index in [-0.39, 0.29) is 29.4 Å². The van der Waals surface area contributed by atoms with E-state index in [1.54, 1.807) is 15.8 Å². The molecule has 1 amide bonds. The van der Waals surface area contributed by atoms with Crippen LogP contribution in [0.25, 0.3) is 6.20 Å². The quantitative estimate of drug-likeness (QED) is 0.613. The normalized spacial score (nSPS) is 23.1. The summed E-state index contributed by atoms with van der Waals surface area (Å²) in [4.78, 5) is 26.2. The fourth-order valence-corrected chi connectivity index (χ4v) is 4.62. The van der Waals surface area contributed by atoms with Crippen molar-refractivity contribution in [2.24, 2.45) is 17.8 Å². The number of hydrogen-bond acceptors (Lipinski definition) is 4. The fourth-order valence-electron chi connectivity index (χ4n) is 4.62. The molecule has 0 unspecified atom stereocenters. The SMILES string of the molecule is CC1CCC(C(=O)N(c2nn(/C=C/C3CCCCC3)cc2OC(=O)O)C(C)C)CC1. The number of carboxylic acid groups (broad SMARTS) is 1. The molecule has 0 aliphatic heterocycles. The van der Waals surface area contributed by atoms with Crippen molar-refractivity contribution in [3.8, 4) is 5.75 Å². The lowest BCUT2D eigenvalue weighted by Crippen LogP contribution is -2.42. The molecule has 166 valence electrons. The van der Waals surface area contributed by atoms with Crippen LogP contribution in [-0.4, -0.2) is 33.0 Å². The van der Waals surface area contributed by atoms with Gasteiger partial charge in [-0.2, -0.15) is 0 Å². The highest BCUT2D eigenvalue weighted by Crippen LogP contribution is 2.35. The van der Waals surface area contributed by atoms with Crippen LogP contribution in [0, 0.1) is 17.8 Å². The lowest BCUT2D eigenvalue weighted by molar-refractivity contribution is -0.124. The smallest absolute Gasteiger partial charge is 0.449 e. The molecule has 0 spiro atoms. The first kappa shape index (κ1) is 22.4. The van der Waals surface area contributed by atoms with Gasteiger partial charge in [0.15, 0.2) is 5.75 Å². The van der Waals surface area contributed by atoms with Gasteiger partial charge >= 0.3 is 6.16 Å². The van der Waals surface area contributed by atoms with Gasteiger partial charge in [-0.1, -0.05) is 32.3 Å². The van der Waals surface area contributed by atoms with E-state index >= 15 is 0 Å². The van der Waals surface area contributed by atoms with Crippen molar-refractivity contribution in [3.63, 3.8) is 0 Å². The average Bonchev–Trinajstić information content (AvgIpc) is 3.09. The zero-order chi connectivity index (χ0) is 21.7. The highest BCUT2D eigenvalue weighted by Gasteiger charge is 2.33. The van der Waals surface area contributed by atoms with Crippen molar-refractivity contribution in [2.75, 3.05) is 4.90 Å². The second-order valence-electron chi connectivity index (χ2n) is 9.16. The lowest BCUT2D eigenvalue weighted by atomic mass is 9.82. The summed E-state index contributed by atoms with van der Waals surface area (Å²) in [5.41, 5.74) is 0. The maximum absolute atomic E-state index is 13.4. The summed E-state index contributed by atoms with van der Waals surface area (Å²) in [6.07, 6.45) is 14.0. The minimum Gasteiger partial charge on any atom is -0.449 e. The summed E-state index contributed by atoms with van der Waals surface area (Å²) in [6.45, 7) is 6.07. The van der Waals surface area contributed by atoms with Gasteiger partial charge in [-0.15, -0.1) is 5.10 Å². The Bertz CT molecular complexity index is 756. The van der Waals surface area contributed by atoms with E-state index in [0.717, 1.165) is 25.7 Å². The van der Waals surface area contributed by atoms with Gasteiger partial charge in [0.2, 0.25) is 11.7 Å². The van der Waals surface area contributed by atoms with Crippen LogP contribution in [0.4, 0.5) is 10.6 Å². The number of ether oxygens (including phenoxy) is 1. The van der Waals surface area contributed by atoms with E-state index in [1.165, 1.54) is 32.1 Å². The van der Waals surface area contributed by atoms with Gasteiger partial charge in [-0.3, -0.25) is 9.69 Å². The Balaban J connectivity index is 1.85. The first-order valence-electron chi connectivity index (χ1n) is 11.4. The molecule has 1 N–H and O–H groups in total. The maximum atomic E-state index is 13.4. The van der Waals surface area contributed by atoms with E-state index in [0.29, 0.717) is 11.8 Å². The number of rotatable bonds is 6. The van der Waals surface area contributed by atoms with Crippen LogP contribution in [0.1, 0.15) is 78.6 Å². The van der Waals surface area contributed by atoms with Crippen molar-refractivity contribution >= 4 is 24.1 Å². The molecular formula is C23H35N3O4. The minimum atomic E-state index is -1.41. The first-order chi connectivity index (χ1) is 14.3. The molecule has 0 radical (unpaired) electrons. The Morgan fingerprint density at radius 1 is 1.17 bits per heavy atom. The topological polar surface area (TPSA) is 84.7 Å². The van der Waals surface area contributed by atoms with Crippen LogP contribution in [0.15, 0.2) is 12.3 Å². The first-order valence-corrected chi connectivity index (χ1v) is 11.4. The Hall–Kier alpha value is -2.31. The third-order valence-corrected chi connectivity index (χ3v) is 6.39. The van der Waals surface area contributed by atoms with Crippen LogP contribution >= 0.6 is 0 Å². The zero-order valence-corrected chi connectivity index (χ0v) is 18.4. The number of anilines is 1. The predicted octanol–water partition coefficient (Wildman–Crippen LogP) is 5.56. The van der Waals surface area contributed by atoms with Gasteiger partial charge in [-0.05, 0) is 64.2 Å². The number of amides is 1. The highest BCUT2D eigenvalue weighted by atomic mass is 16.7. The maximum Gasteiger partial charge on any atom is 0.511 e. The van der Waals surface area contributed by atoms with Gasteiger partial charge in [-0.25, -0.2) is 9.48 Å². The summed E-state index contributed by atoms with van der Waals surface area (Å²) in [7, 11) is 0. The standard InChI is InChI=1S/C23H35N3O4/c1-16(2)26(22(27)19-11-9-17(3)10-12-19)21-20(30-23(28)29)15-25(24-21)14-13-18-7-5-4-6-8-18/h13-19H,4-12H2,1-3H3,(H,28,29)/b14-13+. The molecule has 3 rings (SSSR count). The zero-order valence-electron chi connectivity index (χ0n) is 18.4. The molecule has 2 aliphatic rings. The molecule has 7 heteroatoms. The molecule has 2 saturated carbocycles. The molecule has 0 atom stereocenters. The number of carbonyl (C=O) groups is 2. The monoisotopic (exact) mass is 417 g/mol. The summed E-state index contributed by atoms with van der Waals surface area (Å²) < 4.78 is 6.59. The largest absolute Gasteiger partial charge is 0.511 e. The molecule has 0 saturated heterocycles. The summed E-state index contributed by atoms with van der Waals surface area (Å²) in [6, 6.07) is -0.154. The number of carbonyl (C=O) groups excluding carboxylic acids is 1. The molecular weight excluding hydrogens is 382 g/mol. The second-order valence-corrected chi connectivity index (χ2v) is 9.16. The van der Waals surface area contributed by atoms with Crippen LogP contribution in [0.2, 0.25) is 0 Å². The number of allylic oxidation sites excluding steroid dienone is 1. The molecule has 2 aliphatic carbocycles. The number of hydrogen-bond donors (Lipinski definition) is 1. The third kappa shape index (κ3) is 5.64. The number of aromatic nitrogens is 2. The molecule has 0 bridgehead atoms. The van der Waals surface area contributed by atoms with Crippen LogP contribution in [0.3, 0.4) is 0 Å². The van der Waals surface area contributed by atoms with Crippen LogP contribution < -0.4 is 9.64 Å². The second kappa shape index (κ2) is 10.1. The lowest BCUT2D eigenvalue weighted by Gasteiger charge is -2.32. The molecule has 1 aromatic rings. The Morgan fingerprint density at radius 3 is 2.43 bits per heavy atom. The Labute approximate surface area is 179 Å². The molecule has 0 aromatic carbocycles. The Kier molecular flexibility index (Phi) is 7.56. The molecule has 7 nitrogen and oxygen atoms in total. The van der Waals surface area contributed by atoms with Gasteiger partial charge < -0.3 is 9.84 Å². The van der Waals surface area contributed by atoms with E-state index in [2.05, 4.69) is 18.1 Å². The van der Waals surface area contributed by atoms with Gasteiger partial charge in [0.1, 0.15) is 0 Å². The Morgan fingerprint density at radius 2 is 1.83 bits per heavy atom. The van der Waals surface area contributed by atoms with Crippen molar-refractivity contribution < 1.29 is 19.4 Å². The molecule has 1 aromatic heterocycles. The van der Waals surface area contributed by atoms with E-state index in [1.807, 2.05) is 20.0 Å². The predicted molar refractivity (Wildman–Crippen MR) is 117 cm³/mol. The minimum absolute atomic E-state index is 0.00801. The molecule has 2 fully saturated rings. The van der Waals surface area contributed by atoms with E-state index in [4.69, 9.17) is 4.74 Å². The van der Waals surface area contributed by atoms with E-state index in [9.17, 15) is 14.7 Å². The van der Waals surface area contributed by atoms with Gasteiger partial charge in [0.05, 0.1) is 6.20 Å². The van der Waals surface area contributed by atoms with Crippen molar-refractivity contribution in [2.45, 2.75) is 84.6 Å². The van der Waals surface area contributed by atoms with Crippen molar-refractivity contribution in [1.82, 2.24) is 9.78 Å². The third-order valence-electron chi connectivity index (χ3n) is 6.39. The fraction of sp³-hybridized carbons (Fsp3) is 0.696. The number of nitrogens with zero attached hydrogens (tertiary/aromatic N) is 3. The average molecular weight is 418 g/mol. The van der Waals surface area contributed by atoms with Gasteiger partial charge in [0.25, 0.3) is 0 Å². The van der Waals surface area contributed by atoms with E-state index < -0.39 is 6.16 Å². The molecule has 30 heavy (non-hydrogen) atoms. The summed E-state index contributed by atoms with van der Waals surface area (Å²) in [5.74, 6) is 1.50. The van der Waals surface area contributed by atoms with Crippen LogP contribution in [-0.2, 0) is 4.79 Å². The summed E-state index contributed by atoms with van der Waals surface area (Å²) >= 11 is 0. The van der Waals surface area contributed by atoms with Crippen molar-refractivity contribution in [3.05, 3.63) is 12.3 Å². The van der Waals surface area contributed by atoms with Gasteiger partial charge in [0, 0.05) is 18.2 Å². The summed E-state index contributed by atoms with van der Waals surface area (Å²) in [5, 5.41) is 13.7. The van der Waals surface area contributed by atoms with Crippen molar-refractivity contribution in [1.29, 1.82) is 0 Å².